The van der Waals surface area contributed by atoms with Crippen LogP contribution in [-0.4, -0.2) is 84.1 Å². The van der Waals surface area contributed by atoms with Crippen LogP contribution in [0.15, 0.2) is 36.4 Å². The van der Waals surface area contributed by atoms with E-state index in [1.54, 1.807) is 0 Å². The molecule has 3 rings (SSSR count). The molecule has 2 heterocycles. The van der Waals surface area contributed by atoms with Crippen molar-refractivity contribution < 1.29 is 19.7 Å². The molecule has 1 amide bonds. The Hall–Kier alpha value is -1.73. The quantitative estimate of drug-likeness (QED) is 0.805. The lowest BCUT2D eigenvalue weighted by molar-refractivity contribution is -0.141. The minimum atomic E-state index is -0.343. The standard InChI is InChI=1S/C19H26N2O4/c22-13-17-10-20(11-18(14-23)25-17)12-19(24)21-8-6-16(7-9-21)15-4-2-1-3-5-15/h1-6,17-18,22-23H,7-14H2/t17-,18-/m0/s1. The highest BCUT2D eigenvalue weighted by atomic mass is 16.5. The summed E-state index contributed by atoms with van der Waals surface area (Å²) in [5.41, 5.74) is 2.51. The maximum atomic E-state index is 12.6. The van der Waals surface area contributed by atoms with Crippen molar-refractivity contribution in [2.45, 2.75) is 18.6 Å². The fourth-order valence-corrected chi connectivity index (χ4v) is 3.44. The van der Waals surface area contributed by atoms with Crippen LogP contribution in [0.25, 0.3) is 5.57 Å². The average Bonchev–Trinajstić information content (AvgIpc) is 2.68. The van der Waals surface area contributed by atoms with Crippen molar-refractivity contribution in [3.8, 4) is 0 Å². The first kappa shape index (κ1) is 18.1. The number of nitrogens with zero attached hydrogens (tertiary/aromatic N) is 2. The normalized spacial score (nSPS) is 24.9. The van der Waals surface area contributed by atoms with Crippen LogP contribution in [0.2, 0.25) is 0 Å². The van der Waals surface area contributed by atoms with Gasteiger partial charge in [-0.05, 0) is 17.6 Å². The summed E-state index contributed by atoms with van der Waals surface area (Å²) in [4.78, 5) is 16.4. The third-order valence-electron chi connectivity index (χ3n) is 4.78. The van der Waals surface area contributed by atoms with E-state index in [-0.39, 0.29) is 31.3 Å². The number of amides is 1. The average molecular weight is 346 g/mol. The van der Waals surface area contributed by atoms with Gasteiger partial charge in [0.1, 0.15) is 0 Å². The molecule has 1 fully saturated rings. The molecule has 0 aliphatic carbocycles. The second kappa shape index (κ2) is 8.58. The molecular weight excluding hydrogens is 320 g/mol. The summed E-state index contributed by atoms with van der Waals surface area (Å²) in [6.45, 7) is 2.46. The highest BCUT2D eigenvalue weighted by Crippen LogP contribution is 2.22. The number of carbonyl (C=O) groups is 1. The highest BCUT2D eigenvalue weighted by molar-refractivity contribution is 5.80. The number of aliphatic hydroxyl groups is 2. The van der Waals surface area contributed by atoms with Crippen LogP contribution in [0.5, 0.6) is 0 Å². The molecule has 2 atom stereocenters. The van der Waals surface area contributed by atoms with Gasteiger partial charge in [-0.1, -0.05) is 36.4 Å². The zero-order valence-electron chi connectivity index (χ0n) is 14.4. The van der Waals surface area contributed by atoms with E-state index in [0.29, 0.717) is 26.2 Å². The molecule has 1 aromatic rings. The number of ether oxygens (including phenoxy) is 1. The van der Waals surface area contributed by atoms with Crippen LogP contribution >= 0.6 is 0 Å². The Morgan fingerprint density at radius 2 is 1.80 bits per heavy atom. The van der Waals surface area contributed by atoms with E-state index in [1.165, 1.54) is 11.1 Å². The van der Waals surface area contributed by atoms with E-state index in [9.17, 15) is 15.0 Å². The fourth-order valence-electron chi connectivity index (χ4n) is 3.44. The van der Waals surface area contributed by atoms with E-state index in [0.717, 1.165) is 13.0 Å². The lowest BCUT2D eigenvalue weighted by Crippen LogP contribution is -2.53. The van der Waals surface area contributed by atoms with Crippen LogP contribution in [0.3, 0.4) is 0 Å². The first-order valence-electron chi connectivity index (χ1n) is 8.81. The SMILES string of the molecule is O=C(CN1C[C@@H](CO)O[C@H](CO)C1)N1CC=C(c2ccccc2)CC1. The van der Waals surface area contributed by atoms with Gasteiger partial charge in [-0.25, -0.2) is 0 Å². The van der Waals surface area contributed by atoms with Gasteiger partial charge in [0.05, 0.1) is 32.0 Å². The van der Waals surface area contributed by atoms with Crippen molar-refractivity contribution in [1.82, 2.24) is 9.80 Å². The van der Waals surface area contributed by atoms with Crippen molar-refractivity contribution in [3.05, 3.63) is 42.0 Å². The maximum Gasteiger partial charge on any atom is 0.237 e. The summed E-state index contributed by atoms with van der Waals surface area (Å²) in [5, 5.41) is 18.6. The Balaban J connectivity index is 1.55. The van der Waals surface area contributed by atoms with Crippen molar-refractivity contribution in [1.29, 1.82) is 0 Å². The minimum absolute atomic E-state index is 0.0821. The van der Waals surface area contributed by atoms with Gasteiger partial charge < -0.3 is 19.8 Å². The van der Waals surface area contributed by atoms with Crippen molar-refractivity contribution in [3.63, 3.8) is 0 Å². The predicted molar refractivity (Wildman–Crippen MR) is 94.9 cm³/mol. The Morgan fingerprint density at radius 1 is 1.12 bits per heavy atom. The second-order valence-corrected chi connectivity index (χ2v) is 6.62. The van der Waals surface area contributed by atoms with Gasteiger partial charge in [-0.2, -0.15) is 0 Å². The molecular formula is C19H26N2O4. The number of hydrogen-bond acceptors (Lipinski definition) is 5. The van der Waals surface area contributed by atoms with Gasteiger partial charge in [-0.3, -0.25) is 9.69 Å². The van der Waals surface area contributed by atoms with Crippen LogP contribution < -0.4 is 0 Å². The first-order valence-corrected chi connectivity index (χ1v) is 8.81. The molecule has 1 saturated heterocycles. The molecule has 2 aliphatic heterocycles. The maximum absolute atomic E-state index is 12.6. The monoisotopic (exact) mass is 346 g/mol. The molecule has 2 N–H and O–H groups in total. The molecule has 0 aromatic heterocycles. The lowest BCUT2D eigenvalue weighted by Gasteiger charge is -2.37. The molecule has 6 nitrogen and oxygen atoms in total. The van der Waals surface area contributed by atoms with Gasteiger partial charge in [0.2, 0.25) is 5.91 Å². The summed E-state index contributed by atoms with van der Waals surface area (Å²) in [5.74, 6) is 0.0821. The van der Waals surface area contributed by atoms with E-state index in [4.69, 9.17) is 4.74 Å². The number of morpholine rings is 1. The zero-order valence-corrected chi connectivity index (χ0v) is 14.4. The molecule has 6 heteroatoms. The third-order valence-corrected chi connectivity index (χ3v) is 4.78. The molecule has 2 aliphatic rings. The minimum Gasteiger partial charge on any atom is -0.394 e. The highest BCUT2D eigenvalue weighted by Gasteiger charge is 2.29. The van der Waals surface area contributed by atoms with E-state index in [1.807, 2.05) is 28.0 Å². The number of carbonyl (C=O) groups excluding carboxylic acids is 1. The summed E-state index contributed by atoms with van der Waals surface area (Å²) in [6, 6.07) is 10.3. The van der Waals surface area contributed by atoms with Crippen molar-refractivity contribution >= 4 is 11.5 Å². The lowest BCUT2D eigenvalue weighted by atomic mass is 9.99. The largest absolute Gasteiger partial charge is 0.394 e. The Kier molecular flexibility index (Phi) is 6.20. The summed E-state index contributed by atoms with van der Waals surface area (Å²) < 4.78 is 5.53. The van der Waals surface area contributed by atoms with Crippen molar-refractivity contribution in [2.24, 2.45) is 0 Å². The van der Waals surface area contributed by atoms with Gasteiger partial charge >= 0.3 is 0 Å². The zero-order chi connectivity index (χ0) is 17.6. The van der Waals surface area contributed by atoms with Gasteiger partial charge in [-0.15, -0.1) is 0 Å². The van der Waals surface area contributed by atoms with Crippen LogP contribution in [0, 0.1) is 0 Å². The molecule has 25 heavy (non-hydrogen) atoms. The second-order valence-electron chi connectivity index (χ2n) is 6.62. The number of rotatable bonds is 5. The van der Waals surface area contributed by atoms with Crippen molar-refractivity contribution in [2.75, 3.05) is 45.9 Å². The van der Waals surface area contributed by atoms with Gasteiger partial charge in [0.15, 0.2) is 0 Å². The van der Waals surface area contributed by atoms with Gasteiger partial charge in [0, 0.05) is 26.2 Å². The number of hydrogen-bond donors (Lipinski definition) is 2. The summed E-state index contributed by atoms with van der Waals surface area (Å²) in [7, 11) is 0. The van der Waals surface area contributed by atoms with E-state index >= 15 is 0 Å². The van der Waals surface area contributed by atoms with Crippen LogP contribution in [0.1, 0.15) is 12.0 Å². The molecule has 0 spiro atoms. The summed E-state index contributed by atoms with van der Waals surface area (Å²) in [6.07, 6.45) is 2.30. The predicted octanol–water partition coefficient (Wildman–Crippen LogP) is 0.356. The molecule has 1 aromatic carbocycles. The van der Waals surface area contributed by atoms with Gasteiger partial charge in [0.25, 0.3) is 0 Å². The smallest absolute Gasteiger partial charge is 0.237 e. The Morgan fingerprint density at radius 3 is 2.36 bits per heavy atom. The Labute approximate surface area is 148 Å². The third kappa shape index (κ3) is 4.67. The summed E-state index contributed by atoms with van der Waals surface area (Å²) >= 11 is 0. The molecule has 0 bridgehead atoms. The number of aliphatic hydroxyl groups excluding tert-OH is 2. The van der Waals surface area contributed by atoms with Crippen LogP contribution in [-0.2, 0) is 9.53 Å². The molecule has 0 saturated carbocycles. The number of benzene rings is 1. The fraction of sp³-hybridized carbons (Fsp3) is 0.526. The van der Waals surface area contributed by atoms with E-state index in [2.05, 4.69) is 18.2 Å². The topological polar surface area (TPSA) is 73.2 Å². The molecule has 136 valence electrons. The first-order chi connectivity index (χ1) is 12.2. The van der Waals surface area contributed by atoms with Crippen LogP contribution in [0.4, 0.5) is 0 Å². The Bertz CT molecular complexity index is 593. The molecule has 0 unspecified atom stereocenters. The van der Waals surface area contributed by atoms with E-state index < -0.39 is 0 Å². The molecule has 0 radical (unpaired) electrons.